The number of esters is 1. The van der Waals surface area contributed by atoms with E-state index in [2.05, 4.69) is 24.8 Å². The van der Waals surface area contributed by atoms with Gasteiger partial charge in [-0.05, 0) is 76.1 Å². The van der Waals surface area contributed by atoms with Crippen molar-refractivity contribution in [3.05, 3.63) is 120 Å². The smallest absolute Gasteiger partial charge is 0.338 e. The van der Waals surface area contributed by atoms with Gasteiger partial charge in [-0.1, -0.05) is 53.8 Å². The van der Waals surface area contributed by atoms with Crippen LogP contribution in [0.3, 0.4) is 0 Å². The number of hydrogen-bond donors (Lipinski definition) is 0. The Balaban J connectivity index is 1.63. The van der Waals surface area contributed by atoms with Crippen LogP contribution in [0.2, 0.25) is 0 Å². The summed E-state index contributed by atoms with van der Waals surface area (Å²) in [5.74, 6) is 0.902. The van der Waals surface area contributed by atoms with Crippen LogP contribution in [0, 0.1) is 0 Å². The molecule has 234 valence electrons. The van der Waals surface area contributed by atoms with E-state index < -0.39 is 12.0 Å². The van der Waals surface area contributed by atoms with E-state index in [1.165, 1.54) is 11.3 Å². The van der Waals surface area contributed by atoms with Crippen molar-refractivity contribution in [3.63, 3.8) is 0 Å². The molecule has 0 unspecified atom stereocenters. The molecular weight excluding hydrogens is 586 g/mol. The Kier molecular flexibility index (Phi) is 10.2. The number of fused-ring (bicyclic) bond motifs is 1. The fraction of sp³-hybridized carbons (Fsp3) is 0.306. The Labute approximate surface area is 267 Å². The lowest BCUT2D eigenvalue weighted by Gasteiger charge is -2.24. The average molecular weight is 626 g/mol. The van der Waals surface area contributed by atoms with Crippen molar-refractivity contribution in [2.75, 3.05) is 31.2 Å². The number of rotatable bonds is 12. The van der Waals surface area contributed by atoms with E-state index in [1.807, 2.05) is 79.7 Å². The highest BCUT2D eigenvalue weighted by Crippen LogP contribution is 2.32. The van der Waals surface area contributed by atoms with Crippen molar-refractivity contribution in [3.8, 4) is 11.5 Å². The Morgan fingerprint density at radius 3 is 2.36 bits per heavy atom. The van der Waals surface area contributed by atoms with Crippen LogP contribution in [0.5, 0.6) is 11.5 Å². The SMILES string of the molecule is CCOC(=O)C1=C(C)N=c2s/c(=C\c3ccc(N(CC)CC)cc3OCc3ccccc3)c(=O)n2[C@H]1c1ccc(OCC)cc1. The molecule has 1 atom stereocenters. The second kappa shape index (κ2) is 14.4. The monoisotopic (exact) mass is 625 g/mol. The van der Waals surface area contributed by atoms with Crippen LogP contribution in [-0.4, -0.2) is 36.8 Å². The zero-order chi connectivity index (χ0) is 31.9. The molecule has 45 heavy (non-hydrogen) atoms. The van der Waals surface area contributed by atoms with E-state index >= 15 is 0 Å². The van der Waals surface area contributed by atoms with Crippen LogP contribution >= 0.6 is 11.3 Å². The molecule has 0 radical (unpaired) electrons. The van der Waals surface area contributed by atoms with Gasteiger partial charge in [0.25, 0.3) is 5.56 Å². The molecule has 1 aliphatic rings. The zero-order valence-electron chi connectivity index (χ0n) is 26.4. The number of allylic oxidation sites excluding steroid dienone is 1. The summed E-state index contributed by atoms with van der Waals surface area (Å²) in [6.45, 7) is 12.6. The van der Waals surface area contributed by atoms with Crippen molar-refractivity contribution in [2.45, 2.75) is 47.3 Å². The Bertz CT molecular complexity index is 1860. The summed E-state index contributed by atoms with van der Waals surface area (Å²) < 4.78 is 19.5. The van der Waals surface area contributed by atoms with Gasteiger partial charge in [-0.25, -0.2) is 9.79 Å². The first-order valence-corrected chi connectivity index (χ1v) is 16.2. The lowest BCUT2D eigenvalue weighted by molar-refractivity contribution is -0.139. The standard InChI is InChI=1S/C36H39N3O5S/c1-6-38(7-2)28-18-15-27(30(22-28)44-23-25-13-11-10-12-14-25)21-31-34(40)39-33(26-16-19-29(20-17-26)42-8-3)32(35(41)43-9-4)24(5)37-36(39)45-31/h10-22,33H,6-9,23H2,1-5H3/b31-21-/t33-/m0/s1. The largest absolute Gasteiger partial charge is 0.494 e. The van der Waals surface area contributed by atoms with Crippen LogP contribution < -0.4 is 29.3 Å². The van der Waals surface area contributed by atoms with Gasteiger partial charge in [-0.3, -0.25) is 9.36 Å². The molecule has 0 saturated carbocycles. The maximum Gasteiger partial charge on any atom is 0.338 e. The van der Waals surface area contributed by atoms with Gasteiger partial charge in [-0.2, -0.15) is 0 Å². The molecule has 2 heterocycles. The lowest BCUT2D eigenvalue weighted by atomic mass is 9.96. The first-order chi connectivity index (χ1) is 21.9. The van der Waals surface area contributed by atoms with Gasteiger partial charge >= 0.3 is 5.97 Å². The van der Waals surface area contributed by atoms with Crippen molar-refractivity contribution in [1.29, 1.82) is 0 Å². The molecule has 9 heteroatoms. The van der Waals surface area contributed by atoms with Gasteiger partial charge < -0.3 is 19.1 Å². The fourth-order valence-electron chi connectivity index (χ4n) is 5.45. The maximum atomic E-state index is 14.2. The van der Waals surface area contributed by atoms with E-state index in [4.69, 9.17) is 19.2 Å². The van der Waals surface area contributed by atoms with Gasteiger partial charge in [0.15, 0.2) is 4.80 Å². The Morgan fingerprint density at radius 1 is 0.956 bits per heavy atom. The van der Waals surface area contributed by atoms with Crippen LogP contribution in [0.1, 0.15) is 57.4 Å². The summed E-state index contributed by atoms with van der Waals surface area (Å²) in [6.07, 6.45) is 1.86. The van der Waals surface area contributed by atoms with Crippen molar-refractivity contribution in [1.82, 2.24) is 4.57 Å². The summed E-state index contributed by atoms with van der Waals surface area (Å²) in [7, 11) is 0. The number of benzene rings is 3. The van der Waals surface area contributed by atoms with Gasteiger partial charge in [0.2, 0.25) is 0 Å². The third kappa shape index (κ3) is 6.88. The predicted molar refractivity (Wildman–Crippen MR) is 179 cm³/mol. The molecule has 8 nitrogen and oxygen atoms in total. The second-order valence-corrected chi connectivity index (χ2v) is 11.5. The van der Waals surface area contributed by atoms with Crippen LogP contribution in [0.15, 0.2) is 93.9 Å². The highest BCUT2D eigenvalue weighted by molar-refractivity contribution is 7.07. The van der Waals surface area contributed by atoms with Crippen LogP contribution in [0.4, 0.5) is 5.69 Å². The predicted octanol–water partition coefficient (Wildman–Crippen LogP) is 5.62. The minimum atomic E-state index is -0.697. The molecule has 0 N–H and O–H groups in total. The molecule has 0 spiro atoms. The number of carbonyl (C=O) groups excluding carboxylic acids is 1. The van der Waals surface area contributed by atoms with E-state index in [0.29, 0.717) is 45.3 Å². The highest BCUT2D eigenvalue weighted by atomic mass is 32.1. The minimum Gasteiger partial charge on any atom is -0.494 e. The topological polar surface area (TPSA) is 82.4 Å². The van der Waals surface area contributed by atoms with Gasteiger partial charge in [0.05, 0.1) is 35.1 Å². The first-order valence-electron chi connectivity index (χ1n) is 15.4. The molecule has 1 aromatic heterocycles. The molecular formula is C36H39N3O5S. The summed E-state index contributed by atoms with van der Waals surface area (Å²) in [6, 6.07) is 22.8. The third-order valence-electron chi connectivity index (χ3n) is 7.67. The molecule has 1 aliphatic heterocycles. The van der Waals surface area contributed by atoms with Crippen LogP contribution in [0.25, 0.3) is 6.08 Å². The number of anilines is 1. The normalized spacial score (nSPS) is 14.5. The Hall–Kier alpha value is -4.63. The molecule has 3 aromatic carbocycles. The molecule has 0 bridgehead atoms. The van der Waals surface area contributed by atoms with E-state index in [0.717, 1.165) is 35.5 Å². The van der Waals surface area contributed by atoms with E-state index in [9.17, 15) is 9.59 Å². The Morgan fingerprint density at radius 2 is 1.69 bits per heavy atom. The zero-order valence-corrected chi connectivity index (χ0v) is 27.2. The van der Waals surface area contributed by atoms with Gasteiger partial charge in [0.1, 0.15) is 18.1 Å². The average Bonchev–Trinajstić information content (AvgIpc) is 3.35. The van der Waals surface area contributed by atoms with Gasteiger partial charge in [-0.15, -0.1) is 0 Å². The molecule has 0 amide bonds. The number of aromatic nitrogens is 1. The quantitative estimate of drug-likeness (QED) is 0.190. The van der Waals surface area contributed by atoms with Crippen molar-refractivity contribution in [2.24, 2.45) is 4.99 Å². The van der Waals surface area contributed by atoms with E-state index in [-0.39, 0.29) is 12.2 Å². The first kappa shape index (κ1) is 31.8. The fourth-order valence-corrected chi connectivity index (χ4v) is 6.49. The maximum absolute atomic E-state index is 14.2. The number of hydrogen-bond acceptors (Lipinski definition) is 8. The summed E-state index contributed by atoms with van der Waals surface area (Å²) in [4.78, 5) is 34.9. The molecule has 0 fully saturated rings. The molecule has 4 aromatic rings. The molecule has 0 aliphatic carbocycles. The highest BCUT2D eigenvalue weighted by Gasteiger charge is 2.33. The summed E-state index contributed by atoms with van der Waals surface area (Å²) >= 11 is 1.29. The summed E-state index contributed by atoms with van der Waals surface area (Å²) in [5, 5.41) is 0. The number of thiazole rings is 1. The number of carbonyl (C=O) groups is 1. The van der Waals surface area contributed by atoms with Gasteiger partial charge in [0, 0.05) is 30.4 Å². The van der Waals surface area contributed by atoms with Crippen molar-refractivity contribution < 1.29 is 19.0 Å². The van der Waals surface area contributed by atoms with Crippen LogP contribution in [-0.2, 0) is 16.1 Å². The summed E-state index contributed by atoms with van der Waals surface area (Å²) in [5.41, 5.74) is 4.27. The number of nitrogens with zero attached hydrogens (tertiary/aromatic N) is 3. The molecule has 0 saturated heterocycles. The second-order valence-electron chi connectivity index (χ2n) is 10.5. The lowest BCUT2D eigenvalue weighted by Crippen LogP contribution is -2.39. The minimum absolute atomic E-state index is 0.214. The van der Waals surface area contributed by atoms with Crippen molar-refractivity contribution >= 4 is 29.1 Å². The molecule has 5 rings (SSSR count). The third-order valence-corrected chi connectivity index (χ3v) is 8.66. The van der Waals surface area contributed by atoms with E-state index in [1.54, 1.807) is 18.4 Å². The number of ether oxygens (including phenoxy) is 3.